The molecule has 0 aliphatic carbocycles. The van der Waals surface area contributed by atoms with Crippen LogP contribution < -0.4 is 10.6 Å². The Labute approximate surface area is 152 Å². The van der Waals surface area contributed by atoms with E-state index in [4.69, 9.17) is 6.42 Å². The van der Waals surface area contributed by atoms with Crippen LogP contribution >= 0.6 is 0 Å². The van der Waals surface area contributed by atoms with E-state index in [-0.39, 0.29) is 5.91 Å². The molecule has 2 N–H and O–H groups in total. The minimum absolute atomic E-state index is 0.0431. The van der Waals surface area contributed by atoms with Crippen molar-refractivity contribution in [2.45, 2.75) is 13.0 Å². The Morgan fingerprint density at radius 3 is 2.73 bits per heavy atom. The fourth-order valence-corrected chi connectivity index (χ4v) is 3.03. The molecule has 0 atom stereocenters. The predicted octanol–water partition coefficient (Wildman–Crippen LogP) is 3.84. The molecule has 1 aliphatic heterocycles. The van der Waals surface area contributed by atoms with Gasteiger partial charge in [-0.25, -0.2) is 0 Å². The maximum absolute atomic E-state index is 11.5. The quantitative estimate of drug-likeness (QED) is 0.710. The van der Waals surface area contributed by atoms with Crippen LogP contribution in [0.15, 0.2) is 60.9 Å². The highest BCUT2D eigenvalue weighted by Gasteiger charge is 2.17. The van der Waals surface area contributed by atoms with Crippen molar-refractivity contribution in [1.82, 2.24) is 4.98 Å². The number of amides is 1. The fourth-order valence-electron chi connectivity index (χ4n) is 3.03. The smallest absolute Gasteiger partial charge is 0.228 e. The van der Waals surface area contributed by atoms with Gasteiger partial charge in [0.2, 0.25) is 5.91 Å². The summed E-state index contributed by atoms with van der Waals surface area (Å²) in [7, 11) is 0. The summed E-state index contributed by atoms with van der Waals surface area (Å²) in [5, 5.41) is 6.24. The number of benzene rings is 2. The highest BCUT2D eigenvalue weighted by atomic mass is 16.1. The first-order valence-corrected chi connectivity index (χ1v) is 8.39. The number of nitrogens with one attached hydrogen (secondary N) is 2. The van der Waals surface area contributed by atoms with Crippen molar-refractivity contribution >= 4 is 17.3 Å². The van der Waals surface area contributed by atoms with Crippen LogP contribution in [0, 0.1) is 12.3 Å². The van der Waals surface area contributed by atoms with Gasteiger partial charge in [0.15, 0.2) is 0 Å². The van der Waals surface area contributed by atoms with Gasteiger partial charge in [0, 0.05) is 35.8 Å². The van der Waals surface area contributed by atoms with Crippen molar-refractivity contribution in [3.05, 3.63) is 77.6 Å². The summed E-state index contributed by atoms with van der Waals surface area (Å²) in [6, 6.07) is 16.0. The van der Waals surface area contributed by atoms with Gasteiger partial charge in [-0.15, -0.1) is 6.42 Å². The van der Waals surface area contributed by atoms with Crippen molar-refractivity contribution in [3.63, 3.8) is 0 Å². The van der Waals surface area contributed by atoms with Crippen LogP contribution in [0.3, 0.4) is 0 Å². The first-order valence-electron chi connectivity index (χ1n) is 8.39. The lowest BCUT2D eigenvalue weighted by Crippen LogP contribution is -2.03. The fraction of sp³-hybridized carbons (Fsp3) is 0.0909. The van der Waals surface area contributed by atoms with Gasteiger partial charge >= 0.3 is 0 Å². The predicted molar refractivity (Wildman–Crippen MR) is 104 cm³/mol. The Balaban J connectivity index is 1.51. The molecule has 26 heavy (non-hydrogen) atoms. The molecule has 1 aliphatic rings. The van der Waals surface area contributed by atoms with Crippen molar-refractivity contribution < 1.29 is 4.79 Å². The molecule has 0 radical (unpaired) electrons. The Bertz CT molecular complexity index is 1020. The summed E-state index contributed by atoms with van der Waals surface area (Å²) in [4.78, 5) is 15.9. The number of terminal acetylenes is 1. The van der Waals surface area contributed by atoms with Gasteiger partial charge < -0.3 is 10.6 Å². The lowest BCUT2D eigenvalue weighted by atomic mass is 10.0. The lowest BCUT2D eigenvalue weighted by Gasteiger charge is -2.09. The molecule has 4 nitrogen and oxygen atoms in total. The van der Waals surface area contributed by atoms with Gasteiger partial charge in [-0.3, -0.25) is 9.78 Å². The SMILES string of the molecule is C#Cc1ccc(CNc2cncc(-c3ccc4c(c3)CC(=O)N4)c2)cc1. The topological polar surface area (TPSA) is 54.0 Å². The summed E-state index contributed by atoms with van der Waals surface area (Å²) in [6.45, 7) is 0.693. The van der Waals surface area contributed by atoms with E-state index in [0.29, 0.717) is 13.0 Å². The number of hydrogen-bond donors (Lipinski definition) is 2. The number of fused-ring (bicyclic) bond motifs is 1. The van der Waals surface area contributed by atoms with E-state index in [1.165, 1.54) is 0 Å². The number of anilines is 2. The molecule has 2 aromatic carbocycles. The number of carbonyl (C=O) groups is 1. The van der Waals surface area contributed by atoms with Crippen molar-refractivity contribution in [3.8, 4) is 23.5 Å². The zero-order valence-corrected chi connectivity index (χ0v) is 14.1. The van der Waals surface area contributed by atoms with Crippen LogP contribution in [-0.2, 0) is 17.8 Å². The number of hydrogen-bond acceptors (Lipinski definition) is 3. The van der Waals surface area contributed by atoms with E-state index in [1.807, 2.05) is 48.7 Å². The monoisotopic (exact) mass is 339 g/mol. The molecule has 1 amide bonds. The Morgan fingerprint density at radius 2 is 1.92 bits per heavy atom. The molecule has 3 aromatic rings. The first kappa shape index (κ1) is 15.9. The molecule has 0 unspecified atom stereocenters. The molecule has 2 heterocycles. The molecule has 0 fully saturated rings. The van der Waals surface area contributed by atoms with Gasteiger partial charge in [0.25, 0.3) is 0 Å². The maximum atomic E-state index is 11.5. The Kier molecular flexibility index (Phi) is 4.12. The average molecular weight is 339 g/mol. The second kappa shape index (κ2) is 6.73. The van der Waals surface area contributed by atoms with Gasteiger partial charge in [0.05, 0.1) is 12.1 Å². The van der Waals surface area contributed by atoms with Gasteiger partial charge in [-0.1, -0.05) is 24.1 Å². The van der Waals surface area contributed by atoms with Crippen LogP contribution in [0.1, 0.15) is 16.7 Å². The third kappa shape index (κ3) is 3.28. The van der Waals surface area contributed by atoms with Gasteiger partial charge in [-0.2, -0.15) is 0 Å². The second-order valence-electron chi connectivity index (χ2n) is 6.25. The highest BCUT2D eigenvalue weighted by Crippen LogP contribution is 2.29. The normalized spacial score (nSPS) is 12.2. The van der Waals surface area contributed by atoms with Crippen LogP contribution in [0.2, 0.25) is 0 Å². The second-order valence-corrected chi connectivity index (χ2v) is 6.25. The standard InChI is InChI=1S/C22H17N3O/c1-2-15-3-5-16(6-4-15)12-24-20-10-19(13-23-14-20)17-7-8-21-18(9-17)11-22(26)25-21/h1,3-10,13-14,24H,11-12H2,(H,25,26). The van der Waals surface area contributed by atoms with Crippen LogP contribution in [0.25, 0.3) is 11.1 Å². The number of aromatic nitrogens is 1. The van der Waals surface area contributed by atoms with E-state index in [0.717, 1.165) is 39.2 Å². The summed E-state index contributed by atoms with van der Waals surface area (Å²) in [6.07, 6.45) is 9.45. The molecule has 0 saturated heterocycles. The van der Waals surface area contributed by atoms with Gasteiger partial charge in [0.1, 0.15) is 0 Å². The van der Waals surface area contributed by atoms with Gasteiger partial charge in [-0.05, 0) is 47.0 Å². The van der Waals surface area contributed by atoms with E-state index in [2.05, 4.69) is 27.6 Å². The minimum Gasteiger partial charge on any atom is -0.380 e. The summed E-state index contributed by atoms with van der Waals surface area (Å²) >= 11 is 0. The number of pyridine rings is 1. The van der Waals surface area contributed by atoms with Crippen molar-refractivity contribution in [1.29, 1.82) is 0 Å². The molecule has 126 valence electrons. The Morgan fingerprint density at radius 1 is 1.08 bits per heavy atom. The largest absolute Gasteiger partial charge is 0.380 e. The van der Waals surface area contributed by atoms with E-state index in [9.17, 15) is 4.79 Å². The zero-order chi connectivity index (χ0) is 17.9. The van der Waals surface area contributed by atoms with Crippen LogP contribution in [0.4, 0.5) is 11.4 Å². The molecule has 4 heteroatoms. The molecule has 1 aromatic heterocycles. The maximum Gasteiger partial charge on any atom is 0.228 e. The average Bonchev–Trinajstić information content (AvgIpc) is 3.06. The Hall–Kier alpha value is -3.58. The first-order chi connectivity index (χ1) is 12.7. The molecular formula is C22H17N3O. The third-order valence-corrected chi connectivity index (χ3v) is 4.42. The summed E-state index contributed by atoms with van der Waals surface area (Å²) < 4.78 is 0. The zero-order valence-electron chi connectivity index (χ0n) is 14.1. The molecule has 0 spiro atoms. The minimum atomic E-state index is 0.0431. The van der Waals surface area contributed by atoms with E-state index in [1.54, 1.807) is 6.20 Å². The van der Waals surface area contributed by atoms with Crippen LogP contribution in [-0.4, -0.2) is 10.9 Å². The molecular weight excluding hydrogens is 322 g/mol. The number of nitrogens with zero attached hydrogens (tertiary/aromatic N) is 1. The number of carbonyl (C=O) groups excluding carboxylic acids is 1. The summed E-state index contributed by atoms with van der Waals surface area (Å²) in [5.74, 6) is 2.66. The van der Waals surface area contributed by atoms with E-state index < -0.39 is 0 Å². The summed E-state index contributed by atoms with van der Waals surface area (Å²) in [5.41, 5.74) is 6.96. The molecule has 0 saturated carbocycles. The third-order valence-electron chi connectivity index (χ3n) is 4.42. The lowest BCUT2D eigenvalue weighted by molar-refractivity contribution is -0.115. The van der Waals surface area contributed by atoms with Crippen molar-refractivity contribution in [2.24, 2.45) is 0 Å². The highest BCUT2D eigenvalue weighted by molar-refractivity contribution is 5.99. The number of rotatable bonds is 4. The van der Waals surface area contributed by atoms with Crippen LogP contribution in [0.5, 0.6) is 0 Å². The van der Waals surface area contributed by atoms with E-state index >= 15 is 0 Å². The molecule has 4 rings (SSSR count). The molecule has 0 bridgehead atoms. The van der Waals surface area contributed by atoms with Crippen molar-refractivity contribution in [2.75, 3.05) is 10.6 Å².